The second-order valence-electron chi connectivity index (χ2n) is 10.6. The predicted molar refractivity (Wildman–Crippen MR) is 165 cm³/mol. The van der Waals surface area contributed by atoms with Crippen molar-refractivity contribution in [3.8, 4) is 0 Å². The summed E-state index contributed by atoms with van der Waals surface area (Å²) < 4.78 is 0. The summed E-state index contributed by atoms with van der Waals surface area (Å²) in [4.78, 5) is 63.7. The van der Waals surface area contributed by atoms with Gasteiger partial charge in [-0.05, 0) is 37.0 Å². The fourth-order valence-corrected chi connectivity index (χ4v) is 4.43. The molecule has 3 aromatic carbocycles. The Morgan fingerprint density at radius 3 is 1.36 bits per heavy atom. The van der Waals surface area contributed by atoms with Crippen molar-refractivity contribution in [3.63, 3.8) is 0 Å². The highest BCUT2D eigenvalue weighted by Gasteiger charge is 2.29. The first kappa shape index (κ1) is 33.5. The molecule has 0 aromatic heterocycles. The molecule has 3 rings (SSSR count). The third-order valence-electron chi connectivity index (χ3n) is 6.95. The number of hydrogen-bond acceptors (Lipinski definition) is 6. The molecule has 0 aliphatic heterocycles. The summed E-state index contributed by atoms with van der Waals surface area (Å²) in [5, 5.41) is 20.0. The maximum atomic E-state index is 13.3. The van der Waals surface area contributed by atoms with E-state index in [-0.39, 0.29) is 12.8 Å². The van der Waals surface area contributed by atoms with Crippen molar-refractivity contribution in [1.82, 2.24) is 21.3 Å². The van der Waals surface area contributed by atoms with Crippen molar-refractivity contribution >= 4 is 29.6 Å². The van der Waals surface area contributed by atoms with Gasteiger partial charge in [-0.15, -0.1) is 0 Å². The van der Waals surface area contributed by atoms with Crippen LogP contribution in [-0.4, -0.2) is 64.9 Å². The second-order valence-corrected chi connectivity index (χ2v) is 10.6. The number of rotatable bonds is 15. The van der Waals surface area contributed by atoms with Gasteiger partial charge in [-0.25, -0.2) is 4.79 Å². The van der Waals surface area contributed by atoms with E-state index in [1.165, 1.54) is 13.8 Å². The summed E-state index contributed by atoms with van der Waals surface area (Å²) in [7, 11) is 0. The van der Waals surface area contributed by atoms with Crippen molar-refractivity contribution in [3.05, 3.63) is 108 Å². The van der Waals surface area contributed by atoms with Gasteiger partial charge >= 0.3 is 5.97 Å². The Hall–Kier alpha value is -5.03. The molecule has 11 nitrogen and oxygen atoms in total. The molecule has 4 amide bonds. The number of hydrogen-bond donors (Lipinski definition) is 6. The number of carbonyl (C=O) groups is 5. The Labute approximate surface area is 256 Å². The molecule has 232 valence electrons. The van der Waals surface area contributed by atoms with Gasteiger partial charge < -0.3 is 32.1 Å². The molecule has 0 aliphatic rings. The Bertz CT molecular complexity index is 1400. The van der Waals surface area contributed by atoms with Crippen LogP contribution in [0, 0.1) is 0 Å². The largest absolute Gasteiger partial charge is 0.480 e. The molecule has 0 aliphatic carbocycles. The summed E-state index contributed by atoms with van der Waals surface area (Å²) in [6, 6.07) is 21.7. The van der Waals surface area contributed by atoms with E-state index in [1.807, 2.05) is 36.4 Å². The average molecular weight is 602 g/mol. The van der Waals surface area contributed by atoms with Gasteiger partial charge in [0.25, 0.3) is 0 Å². The second kappa shape index (κ2) is 16.6. The molecule has 0 spiro atoms. The zero-order valence-corrected chi connectivity index (χ0v) is 24.7. The predicted octanol–water partition coefficient (Wildman–Crippen LogP) is 1.11. The molecule has 3 aromatic rings. The number of carbonyl (C=O) groups excluding carboxylic acids is 4. The fraction of sp³-hybridized carbons (Fsp3) is 0.303. The van der Waals surface area contributed by atoms with Crippen molar-refractivity contribution in [2.24, 2.45) is 5.73 Å². The van der Waals surface area contributed by atoms with Crippen LogP contribution in [0.4, 0.5) is 0 Å². The van der Waals surface area contributed by atoms with Gasteiger partial charge in [-0.1, -0.05) is 91.0 Å². The molecule has 0 saturated carbocycles. The van der Waals surface area contributed by atoms with Crippen LogP contribution in [0.25, 0.3) is 0 Å². The van der Waals surface area contributed by atoms with Gasteiger partial charge in [0, 0.05) is 12.8 Å². The Morgan fingerprint density at radius 2 is 0.909 bits per heavy atom. The number of carboxylic acids is 1. The smallest absolute Gasteiger partial charge is 0.326 e. The molecule has 11 heteroatoms. The Kier molecular flexibility index (Phi) is 12.6. The molecule has 0 fully saturated rings. The maximum Gasteiger partial charge on any atom is 0.326 e. The highest BCUT2D eigenvalue weighted by molar-refractivity contribution is 5.95. The number of nitrogens with two attached hydrogens (primary N) is 1. The molecule has 0 unspecified atom stereocenters. The van der Waals surface area contributed by atoms with Crippen LogP contribution >= 0.6 is 0 Å². The summed E-state index contributed by atoms with van der Waals surface area (Å²) in [6.07, 6.45) is 0.431. The van der Waals surface area contributed by atoms with Gasteiger partial charge in [0.05, 0.1) is 6.04 Å². The lowest BCUT2D eigenvalue weighted by Gasteiger charge is -2.24. The third kappa shape index (κ3) is 10.7. The molecule has 0 radical (unpaired) electrons. The van der Waals surface area contributed by atoms with Crippen molar-refractivity contribution < 1.29 is 29.1 Å². The molecule has 0 bridgehead atoms. The van der Waals surface area contributed by atoms with E-state index in [1.54, 1.807) is 54.6 Å². The first-order valence-electron chi connectivity index (χ1n) is 14.3. The van der Waals surface area contributed by atoms with Crippen LogP contribution in [0.15, 0.2) is 91.0 Å². The summed E-state index contributed by atoms with van der Waals surface area (Å²) in [6.45, 7) is 2.91. The van der Waals surface area contributed by atoms with Gasteiger partial charge in [0.1, 0.15) is 24.2 Å². The summed E-state index contributed by atoms with van der Waals surface area (Å²) in [5.41, 5.74) is 8.35. The summed E-state index contributed by atoms with van der Waals surface area (Å²) in [5.74, 6) is -3.70. The minimum atomic E-state index is -1.23. The van der Waals surface area contributed by atoms with Crippen molar-refractivity contribution in [1.29, 1.82) is 0 Å². The minimum Gasteiger partial charge on any atom is -0.480 e. The van der Waals surface area contributed by atoms with E-state index in [9.17, 15) is 29.1 Å². The number of carboxylic acid groups (broad SMARTS) is 1. The van der Waals surface area contributed by atoms with Crippen LogP contribution in [0.1, 0.15) is 30.5 Å². The normalized spacial score (nSPS) is 14.2. The zero-order chi connectivity index (χ0) is 32.1. The Morgan fingerprint density at radius 1 is 0.545 bits per heavy atom. The van der Waals surface area contributed by atoms with Crippen molar-refractivity contribution in [2.75, 3.05) is 0 Å². The quantitative estimate of drug-likeness (QED) is 0.151. The van der Waals surface area contributed by atoms with Crippen LogP contribution < -0.4 is 27.0 Å². The molecule has 5 atom stereocenters. The van der Waals surface area contributed by atoms with E-state index >= 15 is 0 Å². The van der Waals surface area contributed by atoms with Gasteiger partial charge in [0.15, 0.2) is 0 Å². The number of benzene rings is 3. The maximum absolute atomic E-state index is 13.3. The number of aliphatic carboxylic acids is 1. The first-order chi connectivity index (χ1) is 21.0. The van der Waals surface area contributed by atoms with E-state index in [2.05, 4.69) is 21.3 Å². The van der Waals surface area contributed by atoms with E-state index in [0.717, 1.165) is 16.7 Å². The lowest BCUT2D eigenvalue weighted by atomic mass is 10.0. The molecule has 7 N–H and O–H groups in total. The standard InChI is InChI=1S/C33H39N5O6/c1-21(36-31(41)26(34)18-23-12-6-3-7-13-23)29(39)35-22(2)30(40)37-27(19-24-14-8-4-9-15-24)32(42)38-28(33(43)44)20-25-16-10-5-11-17-25/h3-17,21-22,26-28H,18-20,34H2,1-2H3,(H,35,39)(H,36,41)(H,37,40)(H,38,42)(H,43,44)/t21-,22-,26-,27-,28-/m0/s1. The highest BCUT2D eigenvalue weighted by atomic mass is 16.4. The van der Waals surface area contributed by atoms with Gasteiger partial charge in [-0.3, -0.25) is 19.2 Å². The SMILES string of the molecule is C[C@H](NC(=O)[C@H](C)NC(=O)[C@@H](N)Cc1ccccc1)C(=O)N[C@@H](Cc1ccccc1)C(=O)N[C@@H](Cc1ccccc1)C(=O)O. The lowest BCUT2D eigenvalue weighted by molar-refractivity contribution is -0.142. The molecule has 0 heterocycles. The monoisotopic (exact) mass is 601 g/mol. The van der Waals surface area contributed by atoms with Crippen LogP contribution in [0.2, 0.25) is 0 Å². The summed E-state index contributed by atoms with van der Waals surface area (Å²) >= 11 is 0. The topological polar surface area (TPSA) is 180 Å². The Balaban J connectivity index is 1.61. The highest BCUT2D eigenvalue weighted by Crippen LogP contribution is 2.08. The van der Waals surface area contributed by atoms with Gasteiger partial charge in [-0.2, -0.15) is 0 Å². The first-order valence-corrected chi connectivity index (χ1v) is 14.3. The van der Waals surface area contributed by atoms with Crippen molar-refractivity contribution in [2.45, 2.75) is 63.3 Å². The average Bonchev–Trinajstić information content (AvgIpc) is 3.01. The molecule has 0 saturated heterocycles. The molecular formula is C33H39N5O6. The zero-order valence-electron chi connectivity index (χ0n) is 24.7. The van der Waals surface area contributed by atoms with Crippen LogP contribution in [0.3, 0.4) is 0 Å². The van der Waals surface area contributed by atoms with E-state index in [0.29, 0.717) is 6.42 Å². The van der Waals surface area contributed by atoms with Crippen LogP contribution in [0.5, 0.6) is 0 Å². The van der Waals surface area contributed by atoms with E-state index < -0.39 is 59.8 Å². The van der Waals surface area contributed by atoms with Crippen LogP contribution in [-0.2, 0) is 43.2 Å². The van der Waals surface area contributed by atoms with Gasteiger partial charge in [0.2, 0.25) is 23.6 Å². The fourth-order valence-electron chi connectivity index (χ4n) is 4.43. The number of amides is 4. The van der Waals surface area contributed by atoms with E-state index in [4.69, 9.17) is 5.73 Å². The lowest BCUT2D eigenvalue weighted by Crippen LogP contribution is -2.58. The number of nitrogens with one attached hydrogen (secondary N) is 4. The molecular weight excluding hydrogens is 562 g/mol. The minimum absolute atomic E-state index is 0.0546. The molecule has 44 heavy (non-hydrogen) atoms. The third-order valence-corrected chi connectivity index (χ3v) is 6.95.